The second kappa shape index (κ2) is 6.46. The van der Waals surface area contributed by atoms with Gasteiger partial charge in [-0.05, 0) is 42.6 Å². The Morgan fingerprint density at radius 1 is 1.27 bits per heavy atom. The maximum absolute atomic E-state index is 12.5. The van der Waals surface area contributed by atoms with Gasteiger partial charge in [0, 0.05) is 19.1 Å². The lowest BCUT2D eigenvalue weighted by Gasteiger charge is -2.42. The SMILES string of the molecule is CC1(C)CN(CCOc2ccc(C(F)(F)F)cc2)CCC1N. The highest BCUT2D eigenvalue weighted by Gasteiger charge is 2.33. The van der Waals surface area contributed by atoms with Gasteiger partial charge in [-0.1, -0.05) is 13.8 Å². The van der Waals surface area contributed by atoms with Crippen LogP contribution in [0.2, 0.25) is 0 Å². The molecule has 124 valence electrons. The molecule has 1 saturated heterocycles. The Labute approximate surface area is 129 Å². The molecule has 2 N–H and O–H groups in total. The normalized spacial score (nSPS) is 22.5. The van der Waals surface area contributed by atoms with Crippen LogP contribution < -0.4 is 10.5 Å². The van der Waals surface area contributed by atoms with Crippen LogP contribution in [0.3, 0.4) is 0 Å². The first-order valence-electron chi connectivity index (χ1n) is 7.46. The lowest BCUT2D eigenvalue weighted by atomic mass is 9.80. The first kappa shape index (κ1) is 17.1. The minimum absolute atomic E-state index is 0.0760. The summed E-state index contributed by atoms with van der Waals surface area (Å²) in [7, 11) is 0. The third kappa shape index (κ3) is 4.36. The minimum atomic E-state index is -4.31. The van der Waals surface area contributed by atoms with E-state index >= 15 is 0 Å². The zero-order valence-electron chi connectivity index (χ0n) is 13.0. The molecule has 0 spiro atoms. The van der Waals surface area contributed by atoms with E-state index in [9.17, 15) is 13.2 Å². The summed E-state index contributed by atoms with van der Waals surface area (Å²) in [6.07, 6.45) is -3.36. The number of benzene rings is 1. The van der Waals surface area contributed by atoms with Gasteiger partial charge >= 0.3 is 6.18 Å². The number of ether oxygens (including phenoxy) is 1. The lowest BCUT2D eigenvalue weighted by molar-refractivity contribution is -0.137. The average molecular weight is 316 g/mol. The van der Waals surface area contributed by atoms with Crippen molar-refractivity contribution < 1.29 is 17.9 Å². The monoisotopic (exact) mass is 316 g/mol. The van der Waals surface area contributed by atoms with Crippen molar-refractivity contribution in [2.75, 3.05) is 26.2 Å². The largest absolute Gasteiger partial charge is 0.492 e. The van der Waals surface area contributed by atoms with Crippen molar-refractivity contribution in [3.05, 3.63) is 29.8 Å². The van der Waals surface area contributed by atoms with Crippen molar-refractivity contribution >= 4 is 0 Å². The van der Waals surface area contributed by atoms with Crippen LogP contribution in [0, 0.1) is 5.41 Å². The fourth-order valence-corrected chi connectivity index (χ4v) is 2.71. The van der Waals surface area contributed by atoms with E-state index < -0.39 is 11.7 Å². The highest BCUT2D eigenvalue weighted by Crippen LogP contribution is 2.30. The Balaban J connectivity index is 1.79. The van der Waals surface area contributed by atoms with Crippen molar-refractivity contribution in [2.24, 2.45) is 11.1 Å². The molecular formula is C16H23F3N2O. The molecule has 0 aliphatic carbocycles. The molecular weight excluding hydrogens is 293 g/mol. The van der Waals surface area contributed by atoms with Gasteiger partial charge in [-0.3, -0.25) is 4.90 Å². The van der Waals surface area contributed by atoms with Crippen molar-refractivity contribution in [1.82, 2.24) is 4.90 Å². The molecule has 1 aromatic rings. The van der Waals surface area contributed by atoms with E-state index in [4.69, 9.17) is 10.5 Å². The third-order valence-electron chi connectivity index (χ3n) is 4.25. The van der Waals surface area contributed by atoms with Crippen LogP contribution in [0.15, 0.2) is 24.3 Å². The van der Waals surface area contributed by atoms with Gasteiger partial charge in [0.15, 0.2) is 0 Å². The summed E-state index contributed by atoms with van der Waals surface area (Å²) in [6, 6.07) is 5.01. The molecule has 0 aromatic heterocycles. The number of rotatable bonds is 4. The predicted octanol–water partition coefficient (Wildman–Crippen LogP) is 3.14. The second-order valence-electron chi connectivity index (χ2n) is 6.53. The molecule has 0 amide bonds. The number of halogens is 3. The zero-order valence-corrected chi connectivity index (χ0v) is 13.0. The first-order chi connectivity index (χ1) is 10.2. The van der Waals surface area contributed by atoms with Crippen molar-refractivity contribution in [1.29, 1.82) is 0 Å². The Kier molecular flexibility index (Phi) is 5.02. The predicted molar refractivity (Wildman–Crippen MR) is 79.8 cm³/mol. The number of hydrogen-bond acceptors (Lipinski definition) is 3. The van der Waals surface area contributed by atoms with Crippen LogP contribution in [-0.4, -0.2) is 37.2 Å². The smallest absolute Gasteiger partial charge is 0.416 e. The molecule has 0 radical (unpaired) electrons. The lowest BCUT2D eigenvalue weighted by Crippen LogP contribution is -2.53. The van der Waals surface area contributed by atoms with Crippen LogP contribution in [0.4, 0.5) is 13.2 Å². The molecule has 1 aliphatic rings. The molecule has 1 fully saturated rings. The average Bonchev–Trinajstić information content (AvgIpc) is 2.42. The fourth-order valence-electron chi connectivity index (χ4n) is 2.71. The van der Waals surface area contributed by atoms with Gasteiger partial charge < -0.3 is 10.5 Å². The van der Waals surface area contributed by atoms with Crippen LogP contribution in [0.25, 0.3) is 0 Å². The van der Waals surface area contributed by atoms with E-state index in [1.54, 1.807) is 0 Å². The summed E-state index contributed by atoms with van der Waals surface area (Å²) < 4.78 is 42.9. The summed E-state index contributed by atoms with van der Waals surface area (Å²) in [4.78, 5) is 2.29. The van der Waals surface area contributed by atoms with Gasteiger partial charge in [0.1, 0.15) is 12.4 Å². The number of likely N-dealkylation sites (tertiary alicyclic amines) is 1. The number of piperidine rings is 1. The first-order valence-corrected chi connectivity index (χ1v) is 7.46. The standard InChI is InChI=1S/C16H23F3N2O/c1-15(2)11-21(8-7-14(15)20)9-10-22-13-5-3-12(4-6-13)16(17,18)19/h3-6,14H,7-11,20H2,1-2H3. The molecule has 6 heteroatoms. The summed E-state index contributed by atoms with van der Waals surface area (Å²) >= 11 is 0. The van der Waals surface area contributed by atoms with Crippen molar-refractivity contribution in [2.45, 2.75) is 32.5 Å². The van der Waals surface area contributed by atoms with Gasteiger partial charge in [0.25, 0.3) is 0 Å². The van der Waals surface area contributed by atoms with E-state index in [1.165, 1.54) is 12.1 Å². The number of nitrogens with two attached hydrogens (primary N) is 1. The second-order valence-corrected chi connectivity index (χ2v) is 6.53. The minimum Gasteiger partial charge on any atom is -0.492 e. The topological polar surface area (TPSA) is 38.5 Å². The number of hydrogen-bond donors (Lipinski definition) is 1. The number of alkyl halides is 3. The van der Waals surface area contributed by atoms with E-state index in [0.717, 1.165) is 38.2 Å². The maximum atomic E-state index is 12.5. The molecule has 1 aromatic carbocycles. The van der Waals surface area contributed by atoms with Gasteiger partial charge in [-0.2, -0.15) is 13.2 Å². The van der Waals surface area contributed by atoms with Crippen LogP contribution in [-0.2, 0) is 6.18 Å². The molecule has 1 heterocycles. The molecule has 1 atom stereocenters. The summed E-state index contributed by atoms with van der Waals surface area (Å²) in [5, 5.41) is 0. The molecule has 1 unspecified atom stereocenters. The van der Waals surface area contributed by atoms with Crippen molar-refractivity contribution in [3.63, 3.8) is 0 Å². The van der Waals surface area contributed by atoms with Crippen LogP contribution in [0.1, 0.15) is 25.8 Å². The molecule has 2 rings (SSSR count). The highest BCUT2D eigenvalue weighted by molar-refractivity contribution is 5.28. The number of nitrogens with zero attached hydrogens (tertiary/aromatic N) is 1. The quantitative estimate of drug-likeness (QED) is 0.927. The van der Waals surface area contributed by atoms with E-state index in [-0.39, 0.29) is 11.5 Å². The third-order valence-corrected chi connectivity index (χ3v) is 4.25. The Bertz CT molecular complexity index is 485. The highest BCUT2D eigenvalue weighted by atomic mass is 19.4. The Morgan fingerprint density at radius 3 is 2.45 bits per heavy atom. The van der Waals surface area contributed by atoms with Crippen molar-refractivity contribution in [3.8, 4) is 5.75 Å². The van der Waals surface area contributed by atoms with E-state index in [0.29, 0.717) is 12.4 Å². The van der Waals surface area contributed by atoms with Gasteiger partial charge in [-0.15, -0.1) is 0 Å². The van der Waals surface area contributed by atoms with Gasteiger partial charge in [0.2, 0.25) is 0 Å². The van der Waals surface area contributed by atoms with Gasteiger partial charge in [-0.25, -0.2) is 0 Å². The summed E-state index contributed by atoms with van der Waals surface area (Å²) in [5.74, 6) is 0.459. The van der Waals surface area contributed by atoms with E-state index in [2.05, 4.69) is 18.7 Å². The van der Waals surface area contributed by atoms with E-state index in [1.807, 2.05) is 0 Å². The molecule has 0 bridgehead atoms. The Morgan fingerprint density at radius 2 is 1.91 bits per heavy atom. The molecule has 22 heavy (non-hydrogen) atoms. The fraction of sp³-hybridized carbons (Fsp3) is 0.625. The maximum Gasteiger partial charge on any atom is 0.416 e. The summed E-state index contributed by atoms with van der Waals surface area (Å²) in [6.45, 7) is 7.35. The Hall–Kier alpha value is -1.27. The van der Waals surface area contributed by atoms with Crippen LogP contribution in [0.5, 0.6) is 5.75 Å². The molecule has 3 nitrogen and oxygen atoms in total. The summed E-state index contributed by atoms with van der Waals surface area (Å²) in [5.41, 5.74) is 5.51. The van der Waals surface area contributed by atoms with Gasteiger partial charge in [0.05, 0.1) is 5.56 Å². The molecule has 1 aliphatic heterocycles. The zero-order chi connectivity index (χ0) is 16.4. The van der Waals surface area contributed by atoms with Crippen LogP contribution >= 0.6 is 0 Å². The molecule has 0 saturated carbocycles.